The van der Waals surface area contributed by atoms with E-state index in [1.165, 1.54) is 29.0 Å². The Labute approximate surface area is 81.1 Å². The standard InChI is InChI=1S/C7H14INS/c1-7-6-10-5-4-9(7)3-2-8/h7H,2-6H2,1H3. The second-order valence-corrected chi connectivity index (χ2v) is 4.88. The normalized spacial score (nSPS) is 28.8. The lowest BCUT2D eigenvalue weighted by molar-refractivity contribution is 0.249. The highest BCUT2D eigenvalue weighted by molar-refractivity contribution is 14.1. The molecule has 60 valence electrons. The maximum absolute atomic E-state index is 2.59. The first-order valence-corrected chi connectivity index (χ1v) is 6.40. The largest absolute Gasteiger partial charge is 0.298 e. The Morgan fingerprint density at radius 2 is 2.50 bits per heavy atom. The molecule has 10 heavy (non-hydrogen) atoms. The van der Waals surface area contributed by atoms with Crippen molar-refractivity contribution in [2.75, 3.05) is 29.0 Å². The summed E-state index contributed by atoms with van der Waals surface area (Å²) >= 11 is 4.54. The van der Waals surface area contributed by atoms with Gasteiger partial charge in [-0.15, -0.1) is 0 Å². The van der Waals surface area contributed by atoms with Gasteiger partial charge in [-0.05, 0) is 6.92 Å². The van der Waals surface area contributed by atoms with E-state index in [1.807, 2.05) is 0 Å². The lowest BCUT2D eigenvalue weighted by Crippen LogP contribution is -2.41. The van der Waals surface area contributed by atoms with Gasteiger partial charge in [-0.2, -0.15) is 11.8 Å². The first kappa shape index (κ1) is 9.13. The van der Waals surface area contributed by atoms with Gasteiger partial charge in [0.2, 0.25) is 0 Å². The zero-order chi connectivity index (χ0) is 7.40. The van der Waals surface area contributed by atoms with Crippen LogP contribution < -0.4 is 0 Å². The molecule has 1 fully saturated rings. The molecule has 1 aliphatic rings. The van der Waals surface area contributed by atoms with E-state index in [0.29, 0.717) is 0 Å². The quantitative estimate of drug-likeness (QED) is 0.557. The SMILES string of the molecule is CC1CSCCN1CCI. The maximum atomic E-state index is 2.59. The number of halogens is 1. The Bertz CT molecular complexity index is 97.6. The second kappa shape index (κ2) is 4.83. The van der Waals surface area contributed by atoms with Crippen LogP contribution in [0.25, 0.3) is 0 Å². The van der Waals surface area contributed by atoms with E-state index in [-0.39, 0.29) is 0 Å². The summed E-state index contributed by atoms with van der Waals surface area (Å²) in [6, 6.07) is 0.813. The van der Waals surface area contributed by atoms with Crippen LogP contribution in [0.15, 0.2) is 0 Å². The number of alkyl halides is 1. The minimum absolute atomic E-state index is 0.813. The monoisotopic (exact) mass is 271 g/mol. The van der Waals surface area contributed by atoms with Gasteiger partial charge in [0.05, 0.1) is 0 Å². The number of hydrogen-bond acceptors (Lipinski definition) is 2. The van der Waals surface area contributed by atoms with Crippen LogP contribution in [-0.2, 0) is 0 Å². The molecule has 0 spiro atoms. The van der Waals surface area contributed by atoms with Crippen LogP contribution in [0, 0.1) is 0 Å². The van der Waals surface area contributed by atoms with Crippen molar-refractivity contribution in [2.24, 2.45) is 0 Å². The number of rotatable bonds is 2. The Hall–Kier alpha value is 1.04. The van der Waals surface area contributed by atoms with E-state index >= 15 is 0 Å². The van der Waals surface area contributed by atoms with Gasteiger partial charge in [-0.1, -0.05) is 22.6 Å². The molecule has 1 saturated heterocycles. The van der Waals surface area contributed by atoms with E-state index < -0.39 is 0 Å². The molecule has 0 aliphatic carbocycles. The first-order valence-electron chi connectivity index (χ1n) is 3.72. The summed E-state index contributed by atoms with van der Waals surface area (Å²) in [5.41, 5.74) is 0. The van der Waals surface area contributed by atoms with Crippen molar-refractivity contribution in [1.82, 2.24) is 4.90 Å². The molecule has 1 rings (SSSR count). The fourth-order valence-corrected chi connectivity index (χ4v) is 2.90. The molecule has 0 bridgehead atoms. The van der Waals surface area contributed by atoms with Crippen molar-refractivity contribution in [3.05, 3.63) is 0 Å². The summed E-state index contributed by atoms with van der Waals surface area (Å²) in [6.45, 7) is 4.91. The van der Waals surface area contributed by atoms with Crippen LogP contribution in [-0.4, -0.2) is 40.0 Å². The molecule has 0 saturated carbocycles. The molecule has 1 aliphatic heterocycles. The molecule has 1 nitrogen and oxygen atoms in total. The van der Waals surface area contributed by atoms with Crippen LogP contribution >= 0.6 is 34.4 Å². The Balaban J connectivity index is 2.25. The first-order chi connectivity index (χ1) is 4.84. The molecule has 0 aromatic carbocycles. The van der Waals surface area contributed by atoms with Gasteiger partial charge in [-0.25, -0.2) is 0 Å². The molecular weight excluding hydrogens is 257 g/mol. The van der Waals surface area contributed by atoms with E-state index in [1.54, 1.807) is 0 Å². The fraction of sp³-hybridized carbons (Fsp3) is 1.00. The number of nitrogens with zero attached hydrogens (tertiary/aromatic N) is 1. The molecule has 0 radical (unpaired) electrons. The lowest BCUT2D eigenvalue weighted by Gasteiger charge is -2.32. The third kappa shape index (κ3) is 2.58. The van der Waals surface area contributed by atoms with E-state index in [0.717, 1.165) is 6.04 Å². The predicted molar refractivity (Wildman–Crippen MR) is 57.2 cm³/mol. The Morgan fingerprint density at radius 1 is 1.70 bits per heavy atom. The van der Waals surface area contributed by atoms with Crippen LogP contribution in [0.3, 0.4) is 0 Å². The zero-order valence-electron chi connectivity index (χ0n) is 6.35. The summed E-state index contributed by atoms with van der Waals surface area (Å²) in [7, 11) is 0. The minimum Gasteiger partial charge on any atom is -0.298 e. The molecular formula is C7H14INS. The van der Waals surface area contributed by atoms with E-state index in [4.69, 9.17) is 0 Å². The molecule has 3 heteroatoms. The summed E-state index contributed by atoms with van der Waals surface area (Å²) in [6.07, 6.45) is 0. The average molecular weight is 271 g/mol. The molecule has 1 atom stereocenters. The minimum atomic E-state index is 0.813. The van der Waals surface area contributed by atoms with Gasteiger partial charge in [0.25, 0.3) is 0 Å². The van der Waals surface area contributed by atoms with Crippen molar-refractivity contribution in [3.8, 4) is 0 Å². The predicted octanol–water partition coefficient (Wildman–Crippen LogP) is 1.86. The number of thioether (sulfide) groups is 1. The van der Waals surface area contributed by atoms with Gasteiger partial charge in [0.1, 0.15) is 0 Å². The highest BCUT2D eigenvalue weighted by Crippen LogP contribution is 2.15. The van der Waals surface area contributed by atoms with Gasteiger partial charge < -0.3 is 0 Å². The molecule has 0 aromatic heterocycles. The van der Waals surface area contributed by atoms with Gasteiger partial charge >= 0.3 is 0 Å². The van der Waals surface area contributed by atoms with Crippen molar-refractivity contribution in [1.29, 1.82) is 0 Å². The van der Waals surface area contributed by atoms with Gasteiger partial charge in [-0.3, -0.25) is 4.90 Å². The summed E-state index contributed by atoms with van der Waals surface area (Å²) in [5.74, 6) is 2.66. The third-order valence-electron chi connectivity index (χ3n) is 1.88. The summed E-state index contributed by atoms with van der Waals surface area (Å²) in [4.78, 5) is 2.59. The summed E-state index contributed by atoms with van der Waals surface area (Å²) in [5, 5.41) is 0. The van der Waals surface area contributed by atoms with Crippen molar-refractivity contribution >= 4 is 34.4 Å². The highest BCUT2D eigenvalue weighted by atomic mass is 127. The van der Waals surface area contributed by atoms with E-state index in [9.17, 15) is 0 Å². The molecule has 0 aromatic rings. The lowest BCUT2D eigenvalue weighted by atomic mass is 10.3. The zero-order valence-corrected chi connectivity index (χ0v) is 9.32. The van der Waals surface area contributed by atoms with Crippen LogP contribution in [0.2, 0.25) is 0 Å². The number of hydrogen-bond donors (Lipinski definition) is 0. The third-order valence-corrected chi connectivity index (χ3v) is 3.55. The van der Waals surface area contributed by atoms with Crippen LogP contribution in [0.5, 0.6) is 0 Å². The Kier molecular flexibility index (Phi) is 4.41. The maximum Gasteiger partial charge on any atom is 0.0158 e. The van der Waals surface area contributed by atoms with E-state index in [2.05, 4.69) is 46.2 Å². The van der Waals surface area contributed by atoms with Crippen molar-refractivity contribution in [2.45, 2.75) is 13.0 Å². The van der Waals surface area contributed by atoms with Crippen LogP contribution in [0.1, 0.15) is 6.92 Å². The molecule has 0 N–H and O–H groups in total. The Morgan fingerprint density at radius 3 is 3.10 bits per heavy atom. The fourth-order valence-electron chi connectivity index (χ4n) is 1.20. The second-order valence-electron chi connectivity index (χ2n) is 2.65. The van der Waals surface area contributed by atoms with Gasteiger partial charge in [0.15, 0.2) is 0 Å². The van der Waals surface area contributed by atoms with Gasteiger partial charge in [0, 0.05) is 35.1 Å². The summed E-state index contributed by atoms with van der Waals surface area (Å²) < 4.78 is 1.27. The highest BCUT2D eigenvalue weighted by Gasteiger charge is 2.16. The van der Waals surface area contributed by atoms with Crippen molar-refractivity contribution in [3.63, 3.8) is 0 Å². The topological polar surface area (TPSA) is 3.24 Å². The smallest absolute Gasteiger partial charge is 0.0158 e. The van der Waals surface area contributed by atoms with Crippen molar-refractivity contribution < 1.29 is 0 Å². The van der Waals surface area contributed by atoms with Crippen LogP contribution in [0.4, 0.5) is 0 Å². The average Bonchev–Trinajstić information content (AvgIpc) is 1.94. The molecule has 1 heterocycles. The molecule has 1 unspecified atom stereocenters. The molecule has 0 amide bonds.